The van der Waals surface area contributed by atoms with E-state index in [2.05, 4.69) is 5.32 Å². The van der Waals surface area contributed by atoms with E-state index in [-0.39, 0.29) is 11.4 Å². The molecule has 4 amide bonds. The lowest BCUT2D eigenvalue weighted by Crippen LogP contribution is -2.71. The third-order valence-corrected chi connectivity index (χ3v) is 7.95. The Bertz CT molecular complexity index is 1660. The summed E-state index contributed by atoms with van der Waals surface area (Å²) >= 11 is 0. The molecular weight excluding hydrogens is 674 g/mol. The van der Waals surface area contributed by atoms with Crippen LogP contribution in [0.5, 0.6) is 11.5 Å². The second kappa shape index (κ2) is 15.9. The largest absolute Gasteiger partial charge is 0.497 e. The molecule has 0 unspecified atom stereocenters. The summed E-state index contributed by atoms with van der Waals surface area (Å²) in [7, 11) is 2.89. The number of amides is 4. The minimum absolute atomic E-state index is 0.124. The molecule has 2 heterocycles. The maximum absolute atomic E-state index is 14.9. The Kier molecular flexibility index (Phi) is 11.9. The molecule has 274 valence electrons. The van der Waals surface area contributed by atoms with E-state index in [0.29, 0.717) is 11.5 Å². The van der Waals surface area contributed by atoms with Crippen LogP contribution in [0.2, 0.25) is 0 Å². The van der Waals surface area contributed by atoms with Gasteiger partial charge in [0.15, 0.2) is 12.2 Å². The molecule has 0 saturated carbocycles. The number of nitrogens with zero attached hydrogens (tertiary/aromatic N) is 2. The molecule has 1 spiro atoms. The number of rotatable bonds is 12. The number of ether oxygens (including phenoxy) is 7. The van der Waals surface area contributed by atoms with E-state index in [9.17, 15) is 33.6 Å². The van der Waals surface area contributed by atoms with Crippen LogP contribution in [0.15, 0.2) is 48.5 Å². The smallest absolute Gasteiger partial charge is 0.338 e. The number of esters is 4. The zero-order valence-electron chi connectivity index (χ0n) is 29.0. The Morgan fingerprint density at radius 2 is 1.35 bits per heavy atom. The van der Waals surface area contributed by atoms with Crippen molar-refractivity contribution in [2.75, 3.05) is 30.6 Å². The Balaban J connectivity index is 2.00. The fourth-order valence-corrected chi connectivity index (χ4v) is 6.02. The van der Waals surface area contributed by atoms with E-state index in [4.69, 9.17) is 33.2 Å². The first-order valence-corrected chi connectivity index (χ1v) is 15.7. The fraction of sp³-hybridized carbons (Fsp3) is 0.441. The van der Waals surface area contributed by atoms with Gasteiger partial charge in [-0.15, -0.1) is 0 Å². The van der Waals surface area contributed by atoms with Gasteiger partial charge in [0.25, 0.3) is 5.91 Å². The topological polar surface area (TPSA) is 203 Å². The molecule has 0 radical (unpaired) electrons. The molecule has 2 fully saturated rings. The average Bonchev–Trinajstić information content (AvgIpc) is 3.26. The van der Waals surface area contributed by atoms with Gasteiger partial charge in [0.1, 0.15) is 30.3 Å². The number of anilines is 2. The number of benzene rings is 2. The van der Waals surface area contributed by atoms with E-state index < -0.39 is 90.9 Å². The summed E-state index contributed by atoms with van der Waals surface area (Å²) in [5.41, 5.74) is -2.09. The van der Waals surface area contributed by atoms with E-state index >= 15 is 0 Å². The van der Waals surface area contributed by atoms with Crippen LogP contribution >= 0.6 is 0 Å². The average molecular weight is 714 g/mol. The maximum atomic E-state index is 14.9. The zero-order valence-corrected chi connectivity index (χ0v) is 29.0. The quantitative estimate of drug-likeness (QED) is 0.190. The molecule has 4 rings (SSSR count). The predicted octanol–water partition coefficient (Wildman–Crippen LogP) is 2.03. The minimum Gasteiger partial charge on any atom is -0.497 e. The van der Waals surface area contributed by atoms with Gasteiger partial charge in [-0.2, -0.15) is 0 Å². The van der Waals surface area contributed by atoms with Gasteiger partial charge in [0.2, 0.25) is 11.6 Å². The van der Waals surface area contributed by atoms with E-state index in [1.54, 1.807) is 0 Å². The number of hydrogen-bond donors (Lipinski definition) is 1. The summed E-state index contributed by atoms with van der Waals surface area (Å²) in [4.78, 5) is 93.2. The first-order chi connectivity index (χ1) is 24.1. The summed E-state index contributed by atoms with van der Waals surface area (Å²) in [5.74, 6) is -4.12. The molecule has 51 heavy (non-hydrogen) atoms. The molecular formula is C34H39N3O14. The van der Waals surface area contributed by atoms with Crippen molar-refractivity contribution >= 4 is 53.1 Å². The summed E-state index contributed by atoms with van der Waals surface area (Å²) in [6.07, 6.45) is -6.98. The highest BCUT2D eigenvalue weighted by Crippen LogP contribution is 2.46. The Morgan fingerprint density at radius 3 is 1.82 bits per heavy atom. The fourth-order valence-electron chi connectivity index (χ4n) is 6.02. The number of urea groups is 1. The highest BCUT2D eigenvalue weighted by molar-refractivity contribution is 6.30. The molecule has 2 aliphatic heterocycles. The van der Waals surface area contributed by atoms with Crippen LogP contribution in [0.25, 0.3) is 0 Å². The van der Waals surface area contributed by atoms with Gasteiger partial charge in [-0.1, -0.05) is 0 Å². The lowest BCUT2D eigenvalue weighted by atomic mass is 9.86. The Labute approximate surface area is 293 Å². The van der Waals surface area contributed by atoms with E-state index in [0.717, 1.165) is 44.4 Å². The first kappa shape index (κ1) is 38.1. The number of hydrogen-bond acceptors (Lipinski definition) is 14. The Hall–Kier alpha value is -5.71. The van der Waals surface area contributed by atoms with Crippen LogP contribution in [0, 0.1) is 0 Å². The van der Waals surface area contributed by atoms with E-state index in [1.165, 1.54) is 62.8 Å². The zero-order chi connectivity index (χ0) is 37.6. The molecule has 2 saturated heterocycles. The van der Waals surface area contributed by atoms with Gasteiger partial charge in [-0.3, -0.25) is 33.7 Å². The van der Waals surface area contributed by atoms with Crippen molar-refractivity contribution in [1.29, 1.82) is 0 Å². The Morgan fingerprint density at radius 1 is 0.804 bits per heavy atom. The second-order valence-corrected chi connectivity index (χ2v) is 11.6. The summed E-state index contributed by atoms with van der Waals surface area (Å²) < 4.78 is 39.1. The standard InChI is InChI=1S/C34H39N3O14/c1-18(38)35-29-27(48-20(3)40)16-34(51-31(29)30(50-22(5)42)28(49-21(4)41)17-47-19(2)39)32(43)36(23-8-12-25(45-6)13-9-23)33(44)37(34)24-10-14-26(46-7)15-11-24/h8-15,27-31H,16-17H2,1-7H3,(H,35,38)/t27-,28+,29+,30+,31+,34+/m0/s1. The molecule has 17 heteroatoms. The SMILES string of the molecule is COc1ccc(N2C(=O)N(c3ccc(OC)cc3)[C@@]3(C[C@H](OC(C)=O)[C@@H](NC(C)=O)[C@H]([C@H](OC(C)=O)[C@@H](COC(C)=O)OC(C)=O)O3)C2=O)cc1. The number of carbonyl (C=O) groups excluding carboxylic acids is 7. The van der Waals surface area contributed by atoms with E-state index in [1.807, 2.05) is 0 Å². The van der Waals surface area contributed by atoms with Crippen molar-refractivity contribution in [1.82, 2.24) is 5.32 Å². The molecule has 0 bridgehead atoms. The lowest BCUT2D eigenvalue weighted by Gasteiger charge is -2.50. The van der Waals surface area contributed by atoms with Crippen LogP contribution in [-0.4, -0.2) is 98.7 Å². The third-order valence-electron chi connectivity index (χ3n) is 7.95. The van der Waals surface area contributed by atoms with Crippen molar-refractivity contribution in [3.05, 3.63) is 48.5 Å². The molecule has 2 aliphatic rings. The minimum atomic E-state index is -2.36. The van der Waals surface area contributed by atoms with Crippen molar-refractivity contribution in [2.45, 2.75) is 77.2 Å². The van der Waals surface area contributed by atoms with Gasteiger partial charge < -0.3 is 38.5 Å². The number of methoxy groups -OCH3 is 2. The van der Waals surface area contributed by atoms with Gasteiger partial charge in [0, 0.05) is 46.7 Å². The van der Waals surface area contributed by atoms with Crippen molar-refractivity contribution in [2.24, 2.45) is 0 Å². The van der Waals surface area contributed by atoms with Crippen molar-refractivity contribution in [3.63, 3.8) is 0 Å². The van der Waals surface area contributed by atoms with Gasteiger partial charge in [-0.05, 0) is 48.5 Å². The van der Waals surface area contributed by atoms with Crippen LogP contribution in [0.1, 0.15) is 41.0 Å². The molecule has 2 aromatic rings. The van der Waals surface area contributed by atoms with Gasteiger partial charge in [0.05, 0.1) is 25.9 Å². The van der Waals surface area contributed by atoms with Crippen molar-refractivity contribution in [3.8, 4) is 11.5 Å². The molecule has 6 atom stereocenters. The maximum Gasteiger partial charge on any atom is 0.338 e. The van der Waals surface area contributed by atoms with Gasteiger partial charge >= 0.3 is 29.9 Å². The molecule has 17 nitrogen and oxygen atoms in total. The normalized spacial score (nSPS) is 22.5. The summed E-state index contributed by atoms with van der Waals surface area (Å²) in [6, 6.07) is 9.82. The van der Waals surface area contributed by atoms with Crippen LogP contribution in [0.3, 0.4) is 0 Å². The van der Waals surface area contributed by atoms with Crippen LogP contribution < -0.4 is 24.6 Å². The first-order valence-electron chi connectivity index (χ1n) is 15.7. The monoisotopic (exact) mass is 713 g/mol. The molecule has 2 aromatic carbocycles. The number of carbonyl (C=O) groups is 7. The van der Waals surface area contributed by atoms with Crippen molar-refractivity contribution < 1.29 is 66.7 Å². The number of nitrogens with one attached hydrogen (secondary N) is 1. The van der Waals surface area contributed by atoms with Gasteiger partial charge in [-0.25, -0.2) is 9.69 Å². The third kappa shape index (κ3) is 8.37. The van der Waals surface area contributed by atoms with Crippen LogP contribution in [0.4, 0.5) is 16.2 Å². The number of imide groups is 1. The van der Waals surface area contributed by atoms with Crippen LogP contribution in [-0.2, 0) is 52.5 Å². The lowest BCUT2D eigenvalue weighted by molar-refractivity contribution is -0.230. The second-order valence-electron chi connectivity index (χ2n) is 11.6. The molecule has 0 aromatic heterocycles. The highest BCUT2D eigenvalue weighted by Gasteiger charge is 2.67. The summed E-state index contributed by atoms with van der Waals surface area (Å²) in [6.45, 7) is 4.79. The predicted molar refractivity (Wildman–Crippen MR) is 174 cm³/mol. The molecule has 1 N–H and O–H groups in total. The summed E-state index contributed by atoms with van der Waals surface area (Å²) in [5, 5.41) is 2.63. The molecule has 0 aliphatic carbocycles. The highest BCUT2D eigenvalue weighted by atomic mass is 16.6.